The molecule has 5 rings (SSSR count). The van der Waals surface area contributed by atoms with Crippen molar-refractivity contribution in [1.29, 1.82) is 0 Å². The molecule has 0 unspecified atom stereocenters. The Kier molecular flexibility index (Phi) is 6.18. The summed E-state index contributed by atoms with van der Waals surface area (Å²) in [5.74, 6) is 0.829. The van der Waals surface area contributed by atoms with Crippen molar-refractivity contribution in [2.75, 3.05) is 17.7 Å². The van der Waals surface area contributed by atoms with Crippen molar-refractivity contribution >= 4 is 52.5 Å². The van der Waals surface area contributed by atoms with Crippen LogP contribution >= 0.6 is 0 Å². The fraction of sp³-hybridized carbons (Fsp3) is 0.364. The molecule has 2 saturated carbocycles. The second-order valence-corrected chi connectivity index (χ2v) is 10.6. The Labute approximate surface area is 216 Å². The average Bonchev–Trinajstić information content (AvgIpc) is 3.76. The summed E-state index contributed by atoms with van der Waals surface area (Å²) < 4.78 is 11.2. The molecule has 2 aromatic heterocycles. The number of para-hydroxylation sites is 1. The van der Waals surface area contributed by atoms with Crippen molar-refractivity contribution < 1.29 is 18.8 Å². The number of rotatable bonds is 9. The first-order chi connectivity index (χ1) is 17.6. The molecule has 0 atom stereocenters. The van der Waals surface area contributed by atoms with E-state index in [4.69, 9.17) is 15.0 Å². The van der Waals surface area contributed by atoms with Crippen LogP contribution in [0.3, 0.4) is 0 Å². The highest BCUT2D eigenvalue weighted by atomic mass is 16.5. The van der Waals surface area contributed by atoms with Crippen LogP contribution in [0.15, 0.2) is 28.8 Å². The third-order valence-electron chi connectivity index (χ3n) is 6.08. The Bertz CT molecular complexity index is 1370. The summed E-state index contributed by atoms with van der Waals surface area (Å²) in [4.78, 5) is 29.8. The molecule has 0 spiro atoms. The highest BCUT2D eigenvalue weighted by molar-refractivity contribution is 6.60. The maximum absolute atomic E-state index is 13.1. The van der Waals surface area contributed by atoms with Gasteiger partial charge in [-0.15, -0.1) is 10.2 Å². The van der Waals surface area contributed by atoms with Gasteiger partial charge in [-0.05, 0) is 43.1 Å². The lowest BCUT2D eigenvalue weighted by atomic mass is 9.49. The molecule has 188 valence electrons. The number of carbonyl (C=O) groups excluding carboxylic acids is 2. The van der Waals surface area contributed by atoms with E-state index in [0.29, 0.717) is 28.5 Å². The topological polar surface area (TPSA) is 170 Å². The molecular formula is C22H27B3N8O4. The molecule has 3 aromatic rings. The number of hydrogen-bond donors (Lipinski definition) is 4. The molecule has 0 bridgehead atoms. The minimum Gasteiger partial charge on any atom is -0.494 e. The largest absolute Gasteiger partial charge is 0.494 e. The molecule has 1 aromatic carbocycles. The van der Waals surface area contributed by atoms with Gasteiger partial charge < -0.3 is 30.9 Å². The van der Waals surface area contributed by atoms with E-state index in [1.807, 2.05) is 23.5 Å². The van der Waals surface area contributed by atoms with E-state index < -0.39 is 16.7 Å². The molecule has 15 heteroatoms. The van der Waals surface area contributed by atoms with Gasteiger partial charge >= 0.3 is 0 Å². The van der Waals surface area contributed by atoms with E-state index in [2.05, 4.69) is 36.3 Å². The molecule has 5 N–H and O–H groups in total. The number of benzene rings is 1. The lowest BCUT2D eigenvalue weighted by Gasteiger charge is -2.21. The standard InChI is InChI=1S/C22H27B3N8O4/c1-36-16-11(19-29-20(33-37-19)21(26)7-8-21)3-2-4-12(16)27-13-9-14(28-17(34)10-5-6-10)31-32-15(13)18(35)30-22(23,24)25/h2-4,9-10H,5-8,23-26H2,1H3,(H,30,35)(H2,27,28,31,34). The summed E-state index contributed by atoms with van der Waals surface area (Å²) >= 11 is 0. The van der Waals surface area contributed by atoms with Crippen LogP contribution in [0.5, 0.6) is 5.75 Å². The molecule has 0 aliphatic heterocycles. The van der Waals surface area contributed by atoms with Gasteiger partial charge in [0, 0.05) is 12.0 Å². The van der Waals surface area contributed by atoms with Crippen molar-refractivity contribution in [3.63, 3.8) is 0 Å². The number of methoxy groups -OCH3 is 1. The van der Waals surface area contributed by atoms with Crippen LogP contribution in [0.2, 0.25) is 0 Å². The number of nitrogens with zero attached hydrogens (tertiary/aromatic N) is 4. The Morgan fingerprint density at radius 1 is 1.19 bits per heavy atom. The molecule has 37 heavy (non-hydrogen) atoms. The summed E-state index contributed by atoms with van der Waals surface area (Å²) in [5, 5.41) is 20.6. The van der Waals surface area contributed by atoms with E-state index in [-0.39, 0.29) is 29.2 Å². The highest BCUT2D eigenvalue weighted by Gasteiger charge is 2.44. The van der Waals surface area contributed by atoms with Crippen molar-refractivity contribution in [1.82, 2.24) is 25.7 Å². The number of aromatic nitrogens is 4. The van der Waals surface area contributed by atoms with Gasteiger partial charge in [0.15, 0.2) is 23.1 Å². The summed E-state index contributed by atoms with van der Waals surface area (Å²) in [5.41, 5.74) is 7.15. The number of hydrogen-bond acceptors (Lipinski definition) is 10. The number of amides is 2. The summed E-state index contributed by atoms with van der Waals surface area (Å²) in [6, 6.07) is 6.93. The average molecular weight is 500 g/mol. The quantitative estimate of drug-likeness (QED) is 0.262. The lowest BCUT2D eigenvalue weighted by molar-refractivity contribution is -0.117. The fourth-order valence-electron chi connectivity index (χ4n) is 3.75. The minimum atomic E-state index is -0.538. The van der Waals surface area contributed by atoms with E-state index in [1.54, 1.807) is 24.3 Å². The lowest BCUT2D eigenvalue weighted by Crippen LogP contribution is -2.50. The van der Waals surface area contributed by atoms with Crippen LogP contribution < -0.4 is 26.4 Å². The van der Waals surface area contributed by atoms with Crippen molar-refractivity contribution in [3.05, 3.63) is 35.8 Å². The summed E-state index contributed by atoms with van der Waals surface area (Å²) in [6.07, 6.45) is 3.31. The third kappa shape index (κ3) is 5.46. The van der Waals surface area contributed by atoms with Crippen LogP contribution in [0.4, 0.5) is 17.2 Å². The zero-order valence-electron chi connectivity index (χ0n) is 21.2. The zero-order valence-corrected chi connectivity index (χ0v) is 21.2. The predicted molar refractivity (Wildman–Crippen MR) is 144 cm³/mol. The van der Waals surface area contributed by atoms with Gasteiger partial charge in [0.25, 0.3) is 11.8 Å². The first-order valence-corrected chi connectivity index (χ1v) is 12.1. The number of nitrogens with one attached hydrogen (secondary N) is 3. The van der Waals surface area contributed by atoms with Crippen LogP contribution in [0, 0.1) is 5.92 Å². The molecule has 12 nitrogen and oxygen atoms in total. The van der Waals surface area contributed by atoms with Crippen molar-refractivity contribution in [3.8, 4) is 17.2 Å². The Morgan fingerprint density at radius 3 is 2.59 bits per heavy atom. The molecule has 2 heterocycles. The van der Waals surface area contributed by atoms with Gasteiger partial charge in [-0.25, -0.2) is 0 Å². The Hall–Kier alpha value is -3.87. The van der Waals surface area contributed by atoms with Crippen LogP contribution in [-0.4, -0.2) is 68.0 Å². The normalized spacial score (nSPS) is 16.1. The molecule has 2 fully saturated rings. The summed E-state index contributed by atoms with van der Waals surface area (Å²) in [7, 11) is 7.13. The van der Waals surface area contributed by atoms with Gasteiger partial charge in [0.05, 0.1) is 29.6 Å². The molecule has 0 saturated heterocycles. The van der Waals surface area contributed by atoms with Crippen molar-refractivity contribution in [2.45, 2.75) is 36.5 Å². The molecule has 2 aliphatic carbocycles. The highest BCUT2D eigenvalue weighted by Crippen LogP contribution is 2.43. The number of ether oxygens (including phenoxy) is 1. The van der Waals surface area contributed by atoms with Gasteiger partial charge in [-0.3, -0.25) is 9.59 Å². The second kappa shape index (κ2) is 9.22. The minimum absolute atomic E-state index is 0.0126. The molecule has 0 radical (unpaired) electrons. The predicted octanol–water partition coefficient (Wildman–Crippen LogP) is -1.18. The first-order valence-electron chi connectivity index (χ1n) is 12.1. The van der Waals surface area contributed by atoms with Crippen LogP contribution in [0.25, 0.3) is 11.5 Å². The Balaban J connectivity index is 1.50. The first kappa shape index (κ1) is 24.8. The van der Waals surface area contributed by atoms with Gasteiger partial charge in [0.2, 0.25) is 5.91 Å². The van der Waals surface area contributed by atoms with E-state index in [1.165, 1.54) is 7.11 Å². The SMILES string of the molecule is BC(B)(B)NC(=O)c1nnc(NC(=O)C2CC2)cc1Nc1cccc(-c2nc(C3(N)CC3)no2)c1OC. The third-order valence-corrected chi connectivity index (χ3v) is 6.08. The van der Waals surface area contributed by atoms with Crippen LogP contribution in [0.1, 0.15) is 42.0 Å². The van der Waals surface area contributed by atoms with E-state index in [0.717, 1.165) is 25.7 Å². The fourth-order valence-corrected chi connectivity index (χ4v) is 3.75. The maximum atomic E-state index is 13.1. The molecule has 2 aliphatic rings. The second-order valence-electron chi connectivity index (χ2n) is 10.6. The van der Waals surface area contributed by atoms with Gasteiger partial charge in [0.1, 0.15) is 23.5 Å². The zero-order chi connectivity index (χ0) is 26.4. The van der Waals surface area contributed by atoms with Crippen LogP contribution in [-0.2, 0) is 10.3 Å². The molecular weight excluding hydrogens is 473 g/mol. The maximum Gasteiger partial charge on any atom is 0.272 e. The monoisotopic (exact) mass is 500 g/mol. The van der Waals surface area contributed by atoms with E-state index in [9.17, 15) is 9.59 Å². The summed E-state index contributed by atoms with van der Waals surface area (Å²) in [6.45, 7) is 0. The number of nitrogens with two attached hydrogens (primary N) is 1. The number of anilines is 3. The Morgan fingerprint density at radius 2 is 1.95 bits per heavy atom. The van der Waals surface area contributed by atoms with Crippen molar-refractivity contribution in [2.24, 2.45) is 11.7 Å². The van der Waals surface area contributed by atoms with Gasteiger partial charge in [-0.1, -0.05) is 11.2 Å². The van der Waals surface area contributed by atoms with Gasteiger partial charge in [-0.2, -0.15) is 4.98 Å². The van der Waals surface area contributed by atoms with E-state index >= 15 is 0 Å². The number of carbonyl (C=O) groups is 2. The molecule has 2 amide bonds. The smallest absolute Gasteiger partial charge is 0.272 e.